The molecule has 0 fully saturated rings. The highest BCUT2D eigenvalue weighted by Crippen LogP contribution is 2.25. The Kier molecular flexibility index (Phi) is 6.52. The highest BCUT2D eigenvalue weighted by molar-refractivity contribution is 9.10. The molecule has 0 aliphatic carbocycles. The van der Waals surface area contributed by atoms with E-state index in [4.69, 9.17) is 9.47 Å². The van der Waals surface area contributed by atoms with Gasteiger partial charge in [0.2, 0.25) is 0 Å². The van der Waals surface area contributed by atoms with Crippen LogP contribution in [0.2, 0.25) is 0 Å². The average molecular weight is 410 g/mol. The van der Waals surface area contributed by atoms with Gasteiger partial charge in [0.25, 0.3) is 5.91 Å². The Balaban J connectivity index is 2.01. The van der Waals surface area contributed by atoms with Crippen molar-refractivity contribution in [2.24, 2.45) is 0 Å². The highest BCUT2D eigenvalue weighted by atomic mass is 79.9. The largest absolute Gasteiger partial charge is 0.496 e. The summed E-state index contributed by atoms with van der Waals surface area (Å²) in [5, 5.41) is 0. The van der Waals surface area contributed by atoms with E-state index in [1.807, 2.05) is 0 Å². The lowest BCUT2D eigenvalue weighted by Crippen LogP contribution is -2.34. The maximum atomic E-state index is 13.0. The molecule has 0 saturated heterocycles. The molecule has 5 nitrogen and oxygen atoms in total. The van der Waals surface area contributed by atoms with Crippen molar-refractivity contribution >= 4 is 33.5 Å². The number of amides is 1. The summed E-state index contributed by atoms with van der Waals surface area (Å²) < 4.78 is 23.8. The summed E-state index contributed by atoms with van der Waals surface area (Å²) in [7, 11) is 1.52. The van der Waals surface area contributed by atoms with E-state index in [-0.39, 0.29) is 5.82 Å². The van der Waals surface area contributed by atoms with Crippen LogP contribution in [0.4, 0.5) is 10.1 Å². The number of ether oxygens (including phenoxy) is 2. The number of likely N-dealkylation sites (N-methyl/N-ethyl adjacent to an activating group) is 1. The van der Waals surface area contributed by atoms with Gasteiger partial charge in [0, 0.05) is 12.2 Å². The van der Waals surface area contributed by atoms with Gasteiger partial charge >= 0.3 is 5.97 Å². The van der Waals surface area contributed by atoms with Gasteiger partial charge in [-0.25, -0.2) is 9.18 Å². The van der Waals surface area contributed by atoms with Gasteiger partial charge in [-0.1, -0.05) is 0 Å². The number of carbonyl (C=O) groups is 2. The zero-order valence-electron chi connectivity index (χ0n) is 13.8. The van der Waals surface area contributed by atoms with Crippen LogP contribution in [0.3, 0.4) is 0 Å². The molecule has 0 atom stereocenters. The summed E-state index contributed by atoms with van der Waals surface area (Å²) in [5.74, 6) is -0.813. The minimum atomic E-state index is -0.619. The number of anilines is 1. The molecule has 0 aromatic heterocycles. The van der Waals surface area contributed by atoms with Crippen LogP contribution in [0.15, 0.2) is 46.9 Å². The Morgan fingerprint density at radius 3 is 2.40 bits per heavy atom. The lowest BCUT2D eigenvalue weighted by Gasteiger charge is -2.20. The molecule has 1 amide bonds. The number of halogens is 2. The minimum absolute atomic E-state index is 0.297. The molecule has 2 rings (SSSR count). The second-order valence-electron chi connectivity index (χ2n) is 5.04. The van der Waals surface area contributed by atoms with E-state index < -0.39 is 18.5 Å². The number of hydrogen-bond acceptors (Lipinski definition) is 4. The first kappa shape index (κ1) is 18.9. The number of benzene rings is 2. The van der Waals surface area contributed by atoms with Crippen molar-refractivity contribution in [1.29, 1.82) is 0 Å². The first-order valence-corrected chi connectivity index (χ1v) is 8.32. The van der Waals surface area contributed by atoms with Crippen molar-refractivity contribution in [1.82, 2.24) is 0 Å². The minimum Gasteiger partial charge on any atom is -0.496 e. The van der Waals surface area contributed by atoms with Gasteiger partial charge in [0.1, 0.15) is 11.6 Å². The van der Waals surface area contributed by atoms with Crippen LogP contribution >= 0.6 is 15.9 Å². The maximum absolute atomic E-state index is 13.0. The van der Waals surface area contributed by atoms with Gasteiger partial charge in [0.15, 0.2) is 6.61 Å². The van der Waals surface area contributed by atoms with Crippen LogP contribution in [-0.2, 0) is 9.53 Å². The molecule has 0 saturated carbocycles. The molecular weight excluding hydrogens is 393 g/mol. The summed E-state index contributed by atoms with van der Waals surface area (Å²) >= 11 is 3.29. The summed E-state index contributed by atoms with van der Waals surface area (Å²) in [5.41, 5.74) is 0.836. The second-order valence-corrected chi connectivity index (χ2v) is 5.89. The molecule has 25 heavy (non-hydrogen) atoms. The molecule has 7 heteroatoms. The Labute approximate surface area is 153 Å². The zero-order valence-corrected chi connectivity index (χ0v) is 15.4. The Bertz CT molecular complexity index is 764. The summed E-state index contributed by atoms with van der Waals surface area (Å²) in [6, 6.07) is 10.3. The van der Waals surface area contributed by atoms with E-state index >= 15 is 0 Å². The fourth-order valence-electron chi connectivity index (χ4n) is 2.21. The second kappa shape index (κ2) is 8.62. The number of rotatable bonds is 6. The van der Waals surface area contributed by atoms with Crippen molar-refractivity contribution in [3.63, 3.8) is 0 Å². The molecule has 0 radical (unpaired) electrons. The summed E-state index contributed by atoms with van der Waals surface area (Å²) in [6.45, 7) is 1.74. The van der Waals surface area contributed by atoms with E-state index in [0.29, 0.717) is 28.0 Å². The molecule has 0 aliphatic heterocycles. The van der Waals surface area contributed by atoms with E-state index in [9.17, 15) is 14.0 Å². The van der Waals surface area contributed by atoms with E-state index in [2.05, 4.69) is 15.9 Å². The van der Waals surface area contributed by atoms with E-state index in [0.717, 1.165) is 0 Å². The van der Waals surface area contributed by atoms with Crippen LogP contribution in [0.5, 0.6) is 5.75 Å². The van der Waals surface area contributed by atoms with Crippen molar-refractivity contribution in [3.05, 3.63) is 58.3 Å². The first-order chi connectivity index (χ1) is 12.0. The average Bonchev–Trinajstić information content (AvgIpc) is 2.61. The Morgan fingerprint density at radius 1 is 1.16 bits per heavy atom. The van der Waals surface area contributed by atoms with E-state index in [1.165, 1.54) is 36.3 Å². The number of esters is 1. The molecule has 0 spiro atoms. The third-order valence-corrected chi connectivity index (χ3v) is 4.09. The van der Waals surface area contributed by atoms with Crippen molar-refractivity contribution < 1.29 is 23.5 Å². The molecule has 132 valence electrons. The van der Waals surface area contributed by atoms with Crippen LogP contribution in [-0.4, -0.2) is 32.1 Å². The van der Waals surface area contributed by atoms with Crippen molar-refractivity contribution in [2.75, 3.05) is 25.2 Å². The van der Waals surface area contributed by atoms with Crippen LogP contribution in [0, 0.1) is 5.82 Å². The number of methoxy groups -OCH3 is 1. The topological polar surface area (TPSA) is 55.8 Å². The van der Waals surface area contributed by atoms with Gasteiger partial charge in [-0.3, -0.25) is 4.79 Å². The fraction of sp³-hybridized carbons (Fsp3) is 0.222. The fourth-order valence-corrected chi connectivity index (χ4v) is 2.75. The van der Waals surface area contributed by atoms with Crippen molar-refractivity contribution in [2.45, 2.75) is 6.92 Å². The molecule has 2 aromatic carbocycles. The number of carbonyl (C=O) groups excluding carboxylic acids is 2. The van der Waals surface area contributed by atoms with E-state index in [1.54, 1.807) is 25.1 Å². The standard InChI is InChI=1S/C18H17BrFNO4/c1-3-21(14-7-5-13(20)6-8-14)17(22)11-25-18(23)12-4-9-16(24-2)15(19)10-12/h4-10H,3,11H2,1-2H3. The molecular formula is C18H17BrFNO4. The SMILES string of the molecule is CCN(C(=O)COC(=O)c1ccc(OC)c(Br)c1)c1ccc(F)cc1. The molecule has 0 aliphatic rings. The molecule has 0 unspecified atom stereocenters. The van der Waals surface area contributed by atoms with Crippen LogP contribution in [0.1, 0.15) is 17.3 Å². The zero-order chi connectivity index (χ0) is 18.4. The van der Waals surface area contributed by atoms with Gasteiger partial charge in [-0.15, -0.1) is 0 Å². The normalized spacial score (nSPS) is 10.2. The molecule has 0 N–H and O–H groups in total. The van der Waals surface area contributed by atoms with Crippen LogP contribution in [0.25, 0.3) is 0 Å². The predicted octanol–water partition coefficient (Wildman–Crippen LogP) is 3.81. The number of hydrogen-bond donors (Lipinski definition) is 0. The molecule has 0 bridgehead atoms. The van der Waals surface area contributed by atoms with Crippen molar-refractivity contribution in [3.8, 4) is 5.75 Å². The quantitative estimate of drug-likeness (QED) is 0.680. The third kappa shape index (κ3) is 4.79. The molecule has 2 aromatic rings. The summed E-state index contributed by atoms with van der Waals surface area (Å²) in [6.07, 6.45) is 0. The van der Waals surface area contributed by atoms with Gasteiger partial charge < -0.3 is 14.4 Å². The van der Waals surface area contributed by atoms with Gasteiger partial charge in [-0.2, -0.15) is 0 Å². The Morgan fingerprint density at radius 2 is 1.84 bits per heavy atom. The predicted molar refractivity (Wildman–Crippen MR) is 95.4 cm³/mol. The molecule has 0 heterocycles. The van der Waals surface area contributed by atoms with Gasteiger partial charge in [-0.05, 0) is 65.3 Å². The lowest BCUT2D eigenvalue weighted by atomic mass is 10.2. The lowest BCUT2D eigenvalue weighted by molar-refractivity contribution is -0.121. The highest BCUT2D eigenvalue weighted by Gasteiger charge is 2.17. The number of nitrogens with zero attached hydrogens (tertiary/aromatic N) is 1. The summed E-state index contributed by atoms with van der Waals surface area (Å²) in [4.78, 5) is 25.8. The smallest absolute Gasteiger partial charge is 0.338 e. The van der Waals surface area contributed by atoms with Crippen LogP contribution < -0.4 is 9.64 Å². The third-order valence-electron chi connectivity index (χ3n) is 3.47. The maximum Gasteiger partial charge on any atom is 0.338 e. The Hall–Kier alpha value is -2.41. The monoisotopic (exact) mass is 409 g/mol. The van der Waals surface area contributed by atoms with Gasteiger partial charge in [0.05, 0.1) is 17.1 Å². The first-order valence-electron chi connectivity index (χ1n) is 7.52.